The molecule has 2 amide bonds. The minimum atomic E-state index is -0.605. The third-order valence-corrected chi connectivity index (χ3v) is 7.40. The van der Waals surface area contributed by atoms with Crippen LogP contribution in [0.1, 0.15) is 43.2 Å². The standard InChI is InChI=1S/C33H41FN2O5/c1-3-9-26(21-31(38)35-29(22-37)20-24-11-6-5-7-12-24)32(39)36-18-8-13-30(36)23-41-33(40)27(10-4-2)19-25-14-16-28(34)17-15-25/h3-7,11-12,14-17,26-27,29-30,37H,1-2,8-10,13,18-23H2,(H,35,38)/t26-,27+,29+,30-/m1/s1. The summed E-state index contributed by atoms with van der Waals surface area (Å²) in [5.41, 5.74) is 1.82. The van der Waals surface area contributed by atoms with Crippen LogP contribution in [0, 0.1) is 17.7 Å². The van der Waals surface area contributed by atoms with E-state index in [1.54, 1.807) is 29.2 Å². The number of hydrogen-bond donors (Lipinski definition) is 2. The summed E-state index contributed by atoms with van der Waals surface area (Å²) >= 11 is 0. The van der Waals surface area contributed by atoms with E-state index in [2.05, 4.69) is 18.5 Å². The predicted octanol–water partition coefficient (Wildman–Crippen LogP) is 4.40. The Morgan fingerprint density at radius 1 is 1.00 bits per heavy atom. The van der Waals surface area contributed by atoms with E-state index in [1.807, 2.05) is 30.3 Å². The molecule has 1 saturated heterocycles. The lowest BCUT2D eigenvalue weighted by atomic mass is 9.96. The largest absolute Gasteiger partial charge is 0.463 e. The van der Waals surface area contributed by atoms with Crippen molar-refractivity contribution >= 4 is 17.8 Å². The van der Waals surface area contributed by atoms with Crippen LogP contribution in [0.4, 0.5) is 4.39 Å². The second-order valence-electron chi connectivity index (χ2n) is 10.6. The number of likely N-dealkylation sites (tertiary alicyclic amines) is 1. The number of nitrogens with one attached hydrogen (secondary N) is 1. The van der Waals surface area contributed by atoms with Gasteiger partial charge in [-0.1, -0.05) is 54.6 Å². The number of benzene rings is 2. The molecule has 41 heavy (non-hydrogen) atoms. The summed E-state index contributed by atoms with van der Waals surface area (Å²) in [5, 5.41) is 12.6. The van der Waals surface area contributed by atoms with Crippen LogP contribution in [-0.2, 0) is 32.0 Å². The highest BCUT2D eigenvalue weighted by Crippen LogP contribution is 2.24. The van der Waals surface area contributed by atoms with Crippen molar-refractivity contribution in [1.82, 2.24) is 10.2 Å². The maximum absolute atomic E-state index is 13.5. The summed E-state index contributed by atoms with van der Waals surface area (Å²) < 4.78 is 19.0. The number of amides is 2. The molecule has 0 unspecified atom stereocenters. The zero-order valence-corrected chi connectivity index (χ0v) is 23.6. The van der Waals surface area contributed by atoms with Crippen molar-refractivity contribution in [3.63, 3.8) is 0 Å². The summed E-state index contributed by atoms with van der Waals surface area (Å²) in [6, 6.07) is 14.9. The van der Waals surface area contributed by atoms with Crippen LogP contribution >= 0.6 is 0 Å². The quantitative estimate of drug-likeness (QED) is 0.233. The van der Waals surface area contributed by atoms with Crippen molar-refractivity contribution in [2.75, 3.05) is 19.8 Å². The smallest absolute Gasteiger partial charge is 0.309 e. The molecule has 0 aromatic heterocycles. The van der Waals surface area contributed by atoms with E-state index < -0.39 is 17.9 Å². The molecule has 3 rings (SSSR count). The third-order valence-electron chi connectivity index (χ3n) is 7.40. The van der Waals surface area contributed by atoms with Crippen LogP contribution in [0.25, 0.3) is 0 Å². The lowest BCUT2D eigenvalue weighted by molar-refractivity contribution is -0.152. The highest BCUT2D eigenvalue weighted by atomic mass is 19.1. The van der Waals surface area contributed by atoms with E-state index in [-0.39, 0.29) is 49.3 Å². The number of esters is 1. The summed E-state index contributed by atoms with van der Waals surface area (Å²) in [5.74, 6) is -2.27. The van der Waals surface area contributed by atoms with Gasteiger partial charge in [-0.25, -0.2) is 4.39 Å². The SMILES string of the molecule is C=CC[C@@H](Cc1ccc(F)cc1)C(=O)OC[C@H]1CCCN1C(=O)[C@H](CC=C)CC(=O)N[C@H](CO)Cc1ccccc1. The van der Waals surface area contributed by atoms with Gasteiger partial charge in [0.1, 0.15) is 12.4 Å². The maximum atomic E-state index is 13.5. The molecular formula is C33H41FN2O5. The summed E-state index contributed by atoms with van der Waals surface area (Å²) in [6.45, 7) is 7.88. The normalized spacial score (nSPS) is 16.8. The molecule has 0 radical (unpaired) electrons. The number of halogens is 1. The number of aliphatic hydroxyl groups excluding tert-OH is 1. The minimum absolute atomic E-state index is 0.0295. The number of aliphatic hydroxyl groups is 1. The zero-order chi connectivity index (χ0) is 29.6. The molecule has 2 aromatic carbocycles. The molecule has 1 aliphatic rings. The van der Waals surface area contributed by atoms with Gasteiger partial charge in [-0.15, -0.1) is 13.2 Å². The second-order valence-corrected chi connectivity index (χ2v) is 10.6. The fraction of sp³-hybridized carbons (Fsp3) is 0.424. The van der Waals surface area contributed by atoms with Crippen LogP contribution in [0.2, 0.25) is 0 Å². The van der Waals surface area contributed by atoms with E-state index in [9.17, 15) is 23.9 Å². The van der Waals surface area contributed by atoms with Crippen LogP contribution < -0.4 is 5.32 Å². The molecule has 4 atom stereocenters. The topological polar surface area (TPSA) is 95.9 Å². The molecule has 1 aliphatic heterocycles. The Bertz CT molecular complexity index is 1150. The third kappa shape index (κ3) is 9.97. The van der Waals surface area contributed by atoms with Crippen molar-refractivity contribution in [3.8, 4) is 0 Å². The molecule has 8 heteroatoms. The number of ether oxygens (including phenoxy) is 1. The Balaban J connectivity index is 1.56. The number of carbonyl (C=O) groups is 3. The van der Waals surface area contributed by atoms with Gasteiger partial charge in [0.25, 0.3) is 0 Å². The fourth-order valence-electron chi connectivity index (χ4n) is 5.24. The summed E-state index contributed by atoms with van der Waals surface area (Å²) in [7, 11) is 0. The van der Waals surface area contributed by atoms with Crippen LogP contribution in [0.5, 0.6) is 0 Å². The van der Waals surface area contributed by atoms with Gasteiger partial charge in [-0.3, -0.25) is 14.4 Å². The first-order chi connectivity index (χ1) is 19.8. The number of rotatable bonds is 16. The first-order valence-corrected chi connectivity index (χ1v) is 14.2. The van der Waals surface area contributed by atoms with E-state index in [4.69, 9.17) is 4.74 Å². The molecule has 2 aromatic rings. The highest BCUT2D eigenvalue weighted by molar-refractivity contribution is 5.86. The molecule has 0 aliphatic carbocycles. The predicted molar refractivity (Wildman–Crippen MR) is 156 cm³/mol. The fourth-order valence-corrected chi connectivity index (χ4v) is 5.24. The van der Waals surface area contributed by atoms with Gasteiger partial charge in [0.05, 0.1) is 30.5 Å². The number of hydrogen-bond acceptors (Lipinski definition) is 5. The first kappa shape index (κ1) is 31.7. The number of carbonyl (C=O) groups excluding carboxylic acids is 3. The van der Waals surface area contributed by atoms with E-state index in [0.717, 1.165) is 17.5 Å². The highest BCUT2D eigenvalue weighted by Gasteiger charge is 2.35. The van der Waals surface area contributed by atoms with Gasteiger partial charge >= 0.3 is 5.97 Å². The lowest BCUT2D eigenvalue weighted by Gasteiger charge is -2.29. The van der Waals surface area contributed by atoms with Crippen molar-refractivity contribution in [1.29, 1.82) is 0 Å². The molecule has 0 bridgehead atoms. The number of nitrogens with zero attached hydrogens (tertiary/aromatic N) is 1. The molecule has 220 valence electrons. The summed E-state index contributed by atoms with van der Waals surface area (Å²) in [6.07, 6.45) is 6.35. The van der Waals surface area contributed by atoms with Gasteiger partial charge in [0.2, 0.25) is 11.8 Å². The minimum Gasteiger partial charge on any atom is -0.463 e. The van der Waals surface area contributed by atoms with Crippen LogP contribution in [-0.4, -0.2) is 59.6 Å². The maximum Gasteiger partial charge on any atom is 0.309 e. The Hall–Kier alpha value is -3.78. The first-order valence-electron chi connectivity index (χ1n) is 14.2. The van der Waals surface area contributed by atoms with Gasteiger partial charge in [-0.05, 0) is 61.8 Å². The van der Waals surface area contributed by atoms with Gasteiger partial charge in [0.15, 0.2) is 0 Å². The Kier molecular flexibility index (Phi) is 12.8. The average Bonchev–Trinajstić information content (AvgIpc) is 3.45. The van der Waals surface area contributed by atoms with Gasteiger partial charge in [0, 0.05) is 13.0 Å². The Morgan fingerprint density at radius 3 is 2.32 bits per heavy atom. The Labute approximate surface area is 242 Å². The van der Waals surface area contributed by atoms with Crippen molar-refractivity contribution in [2.45, 2.75) is 57.0 Å². The molecule has 0 spiro atoms. The Morgan fingerprint density at radius 2 is 1.66 bits per heavy atom. The van der Waals surface area contributed by atoms with Crippen molar-refractivity contribution in [3.05, 3.63) is 96.9 Å². The monoisotopic (exact) mass is 564 g/mol. The van der Waals surface area contributed by atoms with Gasteiger partial charge < -0.3 is 20.1 Å². The van der Waals surface area contributed by atoms with E-state index in [1.165, 1.54) is 12.1 Å². The van der Waals surface area contributed by atoms with Crippen molar-refractivity contribution < 1.29 is 28.6 Å². The molecule has 0 saturated carbocycles. The lowest BCUT2D eigenvalue weighted by Crippen LogP contribution is -2.45. The summed E-state index contributed by atoms with van der Waals surface area (Å²) in [4.78, 5) is 41.1. The molecule has 2 N–H and O–H groups in total. The average molecular weight is 565 g/mol. The molecule has 1 fully saturated rings. The molecular weight excluding hydrogens is 523 g/mol. The van der Waals surface area contributed by atoms with E-state index in [0.29, 0.717) is 38.6 Å². The number of allylic oxidation sites excluding steroid dienone is 2. The zero-order valence-electron chi connectivity index (χ0n) is 23.6. The van der Waals surface area contributed by atoms with Crippen LogP contribution in [0.15, 0.2) is 79.9 Å². The molecule has 1 heterocycles. The molecule has 7 nitrogen and oxygen atoms in total. The second kappa shape index (κ2) is 16.5. The van der Waals surface area contributed by atoms with Gasteiger partial charge in [-0.2, -0.15) is 0 Å². The van der Waals surface area contributed by atoms with E-state index >= 15 is 0 Å². The van der Waals surface area contributed by atoms with Crippen LogP contribution in [0.3, 0.4) is 0 Å². The van der Waals surface area contributed by atoms with Crippen molar-refractivity contribution in [2.24, 2.45) is 11.8 Å².